The summed E-state index contributed by atoms with van der Waals surface area (Å²) in [5.41, 5.74) is 14.4. The van der Waals surface area contributed by atoms with Crippen LogP contribution in [0.4, 0.5) is 0 Å². The zero-order chi connectivity index (χ0) is 36.5. The first-order chi connectivity index (χ1) is 27.8. The van der Waals surface area contributed by atoms with E-state index < -0.39 is 25.2 Å². The van der Waals surface area contributed by atoms with Crippen LogP contribution in [-0.2, 0) is 5.41 Å². The maximum absolute atomic E-state index is 5.53. The minimum atomic E-state index is -2.37. The van der Waals surface area contributed by atoms with Gasteiger partial charge in [0.15, 0.2) is 0 Å². The Balaban J connectivity index is 1.13. The van der Waals surface area contributed by atoms with Gasteiger partial charge in [0.2, 0.25) is 0 Å². The number of benzene rings is 8. The number of aromatic nitrogens is 3. The van der Waals surface area contributed by atoms with Crippen LogP contribution in [0.25, 0.3) is 60.8 Å². The molecule has 3 aliphatic heterocycles. The molecule has 5 heteroatoms. The van der Waals surface area contributed by atoms with E-state index in [1.165, 1.54) is 77.8 Å². The summed E-state index contributed by atoms with van der Waals surface area (Å²) in [6.07, 6.45) is 0. The first kappa shape index (κ1) is 31.2. The normalized spacial score (nSPS) is 16.5. The molecule has 13 rings (SSSR count). The van der Waals surface area contributed by atoms with Crippen molar-refractivity contribution < 1.29 is 0 Å². The first-order valence-electron chi connectivity index (χ1n) is 19.0. The molecule has 10 aromatic rings. The third-order valence-corrected chi connectivity index (χ3v) is 18.7. The standard InChI is InChI=1S/C51H30IN3S/c1-2-15-31(16-3-1)48-35-19-5-10-25-43(35)53-50(54-48)52-41-24-9-4-17-32(41)36-29-40-47(30-42(36)52)56-46-28-13-8-22-38(46)51(40)37-21-7-12-27-45(37)55-44-26-11-6-18-33(44)34-20-14-23-39(51)49(34)55/h1-30H. The Labute approximate surface area is 335 Å². The topological polar surface area (TPSA) is 30.7 Å². The van der Waals surface area contributed by atoms with Crippen molar-refractivity contribution in [1.29, 1.82) is 0 Å². The van der Waals surface area contributed by atoms with E-state index in [0.29, 0.717) is 0 Å². The van der Waals surface area contributed by atoms with Crippen LogP contribution < -0.4 is 0 Å². The van der Waals surface area contributed by atoms with Gasteiger partial charge in [-0.05, 0) is 0 Å². The quantitative estimate of drug-likeness (QED) is 0.128. The summed E-state index contributed by atoms with van der Waals surface area (Å²) in [5.74, 6) is 0. The average Bonchev–Trinajstić information content (AvgIpc) is 3.77. The SMILES string of the molecule is c1ccc(-c2nc(I3c4ccccc4-c4cc5c(cc43)Sc3ccccc3C53c4ccccc4-n4c5ccccc5c5cccc3c54)nc3ccccc23)cc1. The van der Waals surface area contributed by atoms with Gasteiger partial charge in [-0.25, -0.2) is 0 Å². The van der Waals surface area contributed by atoms with Gasteiger partial charge in [-0.3, -0.25) is 0 Å². The molecule has 2 aromatic heterocycles. The van der Waals surface area contributed by atoms with E-state index in [9.17, 15) is 0 Å². The second kappa shape index (κ2) is 11.5. The summed E-state index contributed by atoms with van der Waals surface area (Å²) in [6.45, 7) is 0. The van der Waals surface area contributed by atoms with Crippen LogP contribution in [0.15, 0.2) is 192 Å². The van der Waals surface area contributed by atoms with Gasteiger partial charge >= 0.3 is 337 Å². The number of halogens is 1. The van der Waals surface area contributed by atoms with Crippen LogP contribution in [0.3, 0.4) is 0 Å². The Morgan fingerprint density at radius 2 is 1.20 bits per heavy atom. The fraction of sp³-hybridized carbons (Fsp3) is 0.0196. The molecule has 0 radical (unpaired) electrons. The van der Waals surface area contributed by atoms with E-state index in [2.05, 4.69) is 187 Å². The zero-order valence-corrected chi connectivity index (χ0v) is 32.9. The third-order valence-electron chi connectivity index (χ3n) is 12.0. The van der Waals surface area contributed by atoms with Gasteiger partial charge in [-0.15, -0.1) is 0 Å². The summed E-state index contributed by atoms with van der Waals surface area (Å²) in [4.78, 5) is 13.6. The van der Waals surface area contributed by atoms with Crippen molar-refractivity contribution >= 4 is 64.3 Å². The molecule has 8 aromatic carbocycles. The van der Waals surface area contributed by atoms with Gasteiger partial charge in [0, 0.05) is 0 Å². The molecule has 1 spiro atoms. The van der Waals surface area contributed by atoms with E-state index in [1.54, 1.807) is 0 Å². The summed E-state index contributed by atoms with van der Waals surface area (Å²) in [6, 6.07) is 67.5. The van der Waals surface area contributed by atoms with Gasteiger partial charge in [-0.1, -0.05) is 0 Å². The summed E-state index contributed by atoms with van der Waals surface area (Å²) in [5, 5.41) is 3.68. The van der Waals surface area contributed by atoms with Gasteiger partial charge in [0.05, 0.1) is 0 Å². The Kier molecular flexibility index (Phi) is 6.41. The van der Waals surface area contributed by atoms with Crippen LogP contribution in [-0.4, -0.2) is 14.5 Å². The predicted molar refractivity (Wildman–Crippen MR) is 237 cm³/mol. The van der Waals surface area contributed by atoms with E-state index >= 15 is 0 Å². The number of hydrogen-bond acceptors (Lipinski definition) is 3. The van der Waals surface area contributed by atoms with Crippen molar-refractivity contribution in [2.75, 3.05) is 0 Å². The van der Waals surface area contributed by atoms with Gasteiger partial charge in [-0.2, -0.15) is 0 Å². The van der Waals surface area contributed by atoms with Crippen LogP contribution in [0, 0.1) is 11.0 Å². The monoisotopic (exact) mass is 843 g/mol. The Morgan fingerprint density at radius 1 is 0.482 bits per heavy atom. The first-order valence-corrected chi connectivity index (χ1v) is 23.0. The number of hydrogen-bond donors (Lipinski definition) is 0. The second-order valence-electron chi connectivity index (χ2n) is 14.7. The van der Waals surface area contributed by atoms with Crippen LogP contribution in [0.2, 0.25) is 0 Å². The maximum atomic E-state index is 5.53. The molecule has 262 valence electrons. The van der Waals surface area contributed by atoms with Crippen molar-refractivity contribution in [1.82, 2.24) is 14.5 Å². The average molecular weight is 844 g/mol. The summed E-state index contributed by atoms with van der Waals surface area (Å²) >= 11 is -0.444. The fourth-order valence-electron chi connectivity index (χ4n) is 9.79. The molecule has 0 aliphatic carbocycles. The summed E-state index contributed by atoms with van der Waals surface area (Å²) < 4.78 is 6.34. The zero-order valence-electron chi connectivity index (χ0n) is 29.9. The number of rotatable bonds is 2. The van der Waals surface area contributed by atoms with Crippen molar-refractivity contribution in [3.05, 3.63) is 215 Å². The molecular weight excluding hydrogens is 814 g/mol. The van der Waals surface area contributed by atoms with Gasteiger partial charge in [0.1, 0.15) is 0 Å². The van der Waals surface area contributed by atoms with Crippen LogP contribution in [0.1, 0.15) is 22.3 Å². The van der Waals surface area contributed by atoms with E-state index in [-0.39, 0.29) is 0 Å². The second-order valence-corrected chi connectivity index (χ2v) is 20.7. The predicted octanol–water partition coefficient (Wildman–Crippen LogP) is 13.0. The Hall–Kier alpha value is -6.02. The molecule has 0 amide bonds. The van der Waals surface area contributed by atoms with E-state index in [0.717, 1.165) is 26.0 Å². The molecular formula is C51H30IN3S. The number of para-hydroxylation sites is 4. The Bertz CT molecular complexity index is 3310. The molecule has 1 unspecified atom stereocenters. The molecule has 0 saturated carbocycles. The number of fused-ring (bicyclic) bond motifs is 15. The molecule has 0 saturated heterocycles. The van der Waals surface area contributed by atoms with Crippen LogP contribution >= 0.6 is 31.6 Å². The third kappa shape index (κ3) is 3.99. The molecule has 56 heavy (non-hydrogen) atoms. The molecule has 5 heterocycles. The van der Waals surface area contributed by atoms with E-state index in [4.69, 9.17) is 9.97 Å². The molecule has 3 aliphatic rings. The van der Waals surface area contributed by atoms with Crippen molar-refractivity contribution in [3.8, 4) is 28.1 Å². The fourth-order valence-corrected chi connectivity index (χ4v) is 17.1. The minimum absolute atomic E-state index is 0.525. The Morgan fingerprint density at radius 3 is 2.12 bits per heavy atom. The van der Waals surface area contributed by atoms with Gasteiger partial charge < -0.3 is 0 Å². The number of nitrogens with zero attached hydrogens (tertiary/aromatic N) is 3. The molecule has 1 atom stereocenters. The van der Waals surface area contributed by atoms with E-state index in [1.807, 2.05) is 11.8 Å². The molecule has 0 N–H and O–H groups in total. The van der Waals surface area contributed by atoms with Crippen molar-refractivity contribution in [2.45, 2.75) is 15.2 Å². The molecule has 0 fully saturated rings. The van der Waals surface area contributed by atoms with Crippen molar-refractivity contribution in [2.24, 2.45) is 0 Å². The summed E-state index contributed by atoms with van der Waals surface area (Å²) in [7, 11) is 0. The van der Waals surface area contributed by atoms with Crippen molar-refractivity contribution in [3.63, 3.8) is 0 Å². The molecule has 3 nitrogen and oxygen atoms in total. The molecule has 0 bridgehead atoms. The van der Waals surface area contributed by atoms with Crippen LogP contribution in [0.5, 0.6) is 0 Å². The van der Waals surface area contributed by atoms with Gasteiger partial charge in [0.25, 0.3) is 0 Å².